The molecule has 0 atom stereocenters. The molecule has 0 aliphatic rings. The van der Waals surface area contributed by atoms with Gasteiger partial charge in [0, 0.05) is 6.20 Å². The van der Waals surface area contributed by atoms with Crippen LogP contribution >= 0.6 is 0 Å². The zero-order valence-corrected chi connectivity index (χ0v) is 6.68. The summed E-state index contributed by atoms with van der Waals surface area (Å²) < 4.78 is 12.7. The van der Waals surface area contributed by atoms with Gasteiger partial charge in [0.2, 0.25) is 5.95 Å². The Morgan fingerprint density at radius 2 is 1.85 bits per heavy atom. The summed E-state index contributed by atoms with van der Waals surface area (Å²) >= 11 is 0. The van der Waals surface area contributed by atoms with Crippen LogP contribution in [0, 0.1) is 5.95 Å². The van der Waals surface area contributed by atoms with Gasteiger partial charge in [0.15, 0.2) is 0 Å². The van der Waals surface area contributed by atoms with E-state index in [9.17, 15) is 4.39 Å². The van der Waals surface area contributed by atoms with Gasteiger partial charge in [-0.2, -0.15) is 9.49 Å². The van der Waals surface area contributed by atoms with Crippen LogP contribution in [0.15, 0.2) is 36.5 Å². The lowest BCUT2D eigenvalue weighted by Gasteiger charge is -1.96. The summed E-state index contributed by atoms with van der Waals surface area (Å²) in [4.78, 5) is 3.67. The Morgan fingerprint density at radius 1 is 1.00 bits per heavy atom. The third-order valence-corrected chi connectivity index (χ3v) is 1.55. The topological polar surface area (TPSA) is 38.7 Å². The van der Waals surface area contributed by atoms with Crippen molar-refractivity contribution < 1.29 is 4.39 Å². The molecule has 0 radical (unpaired) electrons. The maximum Gasteiger partial charge on any atom is 0.213 e. The third kappa shape index (κ3) is 1.66. The van der Waals surface area contributed by atoms with Crippen LogP contribution in [0.3, 0.4) is 0 Å². The van der Waals surface area contributed by atoms with E-state index in [0.717, 1.165) is 0 Å². The van der Waals surface area contributed by atoms with Crippen LogP contribution in [-0.4, -0.2) is 15.2 Å². The minimum absolute atomic E-state index is 0.494. The van der Waals surface area contributed by atoms with Gasteiger partial charge in [-0.3, -0.25) is 0 Å². The first-order valence-corrected chi connectivity index (χ1v) is 3.77. The SMILES string of the molecule is Fc1cccc(-c2cccnn2)n1. The van der Waals surface area contributed by atoms with Crippen molar-refractivity contribution in [3.8, 4) is 11.4 Å². The van der Waals surface area contributed by atoms with E-state index in [1.807, 2.05) is 0 Å². The van der Waals surface area contributed by atoms with E-state index in [-0.39, 0.29) is 0 Å². The number of hydrogen-bond donors (Lipinski definition) is 0. The molecule has 4 heteroatoms. The lowest BCUT2D eigenvalue weighted by molar-refractivity contribution is 0.585. The second kappa shape index (κ2) is 3.26. The summed E-state index contributed by atoms with van der Waals surface area (Å²) in [5.74, 6) is -0.511. The van der Waals surface area contributed by atoms with Crippen LogP contribution in [0.2, 0.25) is 0 Å². The molecule has 2 heterocycles. The Bertz CT molecular complexity index is 403. The van der Waals surface area contributed by atoms with Gasteiger partial charge >= 0.3 is 0 Å². The van der Waals surface area contributed by atoms with Gasteiger partial charge in [-0.1, -0.05) is 6.07 Å². The average Bonchev–Trinajstić information content (AvgIpc) is 2.19. The highest BCUT2D eigenvalue weighted by Crippen LogP contribution is 2.11. The van der Waals surface area contributed by atoms with Gasteiger partial charge in [0.05, 0.1) is 5.69 Å². The molecule has 0 saturated carbocycles. The molecule has 0 aromatic carbocycles. The quantitative estimate of drug-likeness (QED) is 0.619. The summed E-state index contributed by atoms with van der Waals surface area (Å²) in [5, 5.41) is 7.49. The first-order valence-electron chi connectivity index (χ1n) is 3.77. The van der Waals surface area contributed by atoms with Crippen LogP contribution in [-0.2, 0) is 0 Å². The minimum atomic E-state index is -0.511. The number of nitrogens with zero attached hydrogens (tertiary/aromatic N) is 3. The molecule has 2 rings (SSSR count). The number of aromatic nitrogens is 3. The molecule has 0 N–H and O–H groups in total. The Labute approximate surface area is 74.3 Å². The molecule has 0 aliphatic heterocycles. The molecular weight excluding hydrogens is 169 g/mol. The normalized spacial score (nSPS) is 9.92. The molecule has 0 spiro atoms. The standard InChI is InChI=1S/C9H6FN3/c10-9-5-1-3-7(12-9)8-4-2-6-11-13-8/h1-6H. The van der Waals surface area contributed by atoms with Gasteiger partial charge in [-0.15, -0.1) is 5.10 Å². The molecule has 64 valence electrons. The summed E-state index contributed by atoms with van der Waals surface area (Å²) in [5.41, 5.74) is 1.06. The lowest BCUT2D eigenvalue weighted by atomic mass is 10.2. The van der Waals surface area contributed by atoms with E-state index < -0.39 is 5.95 Å². The summed E-state index contributed by atoms with van der Waals surface area (Å²) in [6, 6.07) is 8.03. The Kier molecular flexibility index (Phi) is 1.96. The first-order chi connectivity index (χ1) is 6.36. The fourth-order valence-corrected chi connectivity index (χ4v) is 0.989. The first kappa shape index (κ1) is 7.79. The maximum absolute atomic E-state index is 12.7. The minimum Gasteiger partial charge on any atom is -0.218 e. The van der Waals surface area contributed by atoms with Crippen molar-refractivity contribution in [1.82, 2.24) is 15.2 Å². The lowest BCUT2D eigenvalue weighted by Crippen LogP contribution is -1.90. The molecule has 0 unspecified atom stereocenters. The van der Waals surface area contributed by atoms with Crippen molar-refractivity contribution in [2.75, 3.05) is 0 Å². The molecule has 0 amide bonds. The predicted octanol–water partition coefficient (Wildman–Crippen LogP) is 1.68. The van der Waals surface area contributed by atoms with E-state index in [0.29, 0.717) is 11.4 Å². The van der Waals surface area contributed by atoms with Crippen LogP contribution in [0.5, 0.6) is 0 Å². The number of halogens is 1. The van der Waals surface area contributed by atoms with E-state index in [2.05, 4.69) is 15.2 Å². The molecule has 0 saturated heterocycles. The monoisotopic (exact) mass is 175 g/mol. The van der Waals surface area contributed by atoms with Gasteiger partial charge < -0.3 is 0 Å². The molecule has 13 heavy (non-hydrogen) atoms. The molecular formula is C9H6FN3. The number of pyridine rings is 1. The van der Waals surface area contributed by atoms with E-state index in [1.165, 1.54) is 6.07 Å². The Hall–Kier alpha value is -1.84. The molecule has 3 nitrogen and oxygen atoms in total. The highest BCUT2D eigenvalue weighted by molar-refractivity contribution is 5.52. The van der Waals surface area contributed by atoms with E-state index in [4.69, 9.17) is 0 Å². The number of rotatable bonds is 1. The molecule has 0 bridgehead atoms. The van der Waals surface area contributed by atoms with Crippen molar-refractivity contribution in [3.05, 3.63) is 42.5 Å². The van der Waals surface area contributed by atoms with Gasteiger partial charge in [0.25, 0.3) is 0 Å². The Balaban J connectivity index is 2.48. The van der Waals surface area contributed by atoms with Crippen LogP contribution < -0.4 is 0 Å². The van der Waals surface area contributed by atoms with Gasteiger partial charge in [-0.05, 0) is 24.3 Å². The smallest absolute Gasteiger partial charge is 0.213 e. The largest absolute Gasteiger partial charge is 0.218 e. The highest BCUT2D eigenvalue weighted by atomic mass is 19.1. The van der Waals surface area contributed by atoms with Gasteiger partial charge in [0.1, 0.15) is 5.69 Å². The average molecular weight is 175 g/mol. The second-order valence-electron chi connectivity index (χ2n) is 2.45. The zero-order valence-electron chi connectivity index (χ0n) is 6.68. The van der Waals surface area contributed by atoms with E-state index >= 15 is 0 Å². The molecule has 0 aliphatic carbocycles. The highest BCUT2D eigenvalue weighted by Gasteiger charge is 2.00. The fourth-order valence-electron chi connectivity index (χ4n) is 0.989. The Morgan fingerprint density at radius 3 is 2.54 bits per heavy atom. The molecule has 2 aromatic rings. The summed E-state index contributed by atoms with van der Waals surface area (Å²) in [6.07, 6.45) is 1.56. The van der Waals surface area contributed by atoms with E-state index in [1.54, 1.807) is 30.5 Å². The summed E-state index contributed by atoms with van der Waals surface area (Å²) in [7, 11) is 0. The van der Waals surface area contributed by atoms with Crippen molar-refractivity contribution >= 4 is 0 Å². The third-order valence-electron chi connectivity index (χ3n) is 1.55. The predicted molar refractivity (Wildman–Crippen MR) is 45.2 cm³/mol. The summed E-state index contributed by atoms with van der Waals surface area (Å²) in [6.45, 7) is 0. The van der Waals surface area contributed by atoms with Crippen LogP contribution in [0.4, 0.5) is 4.39 Å². The zero-order chi connectivity index (χ0) is 9.10. The second-order valence-corrected chi connectivity index (χ2v) is 2.45. The van der Waals surface area contributed by atoms with Gasteiger partial charge in [-0.25, -0.2) is 4.98 Å². The van der Waals surface area contributed by atoms with Crippen molar-refractivity contribution in [3.63, 3.8) is 0 Å². The van der Waals surface area contributed by atoms with Crippen molar-refractivity contribution in [2.24, 2.45) is 0 Å². The molecule has 0 fully saturated rings. The molecule has 2 aromatic heterocycles. The van der Waals surface area contributed by atoms with Crippen LogP contribution in [0.1, 0.15) is 0 Å². The maximum atomic E-state index is 12.7. The number of hydrogen-bond acceptors (Lipinski definition) is 3. The van der Waals surface area contributed by atoms with Crippen molar-refractivity contribution in [2.45, 2.75) is 0 Å². The van der Waals surface area contributed by atoms with Crippen molar-refractivity contribution in [1.29, 1.82) is 0 Å². The van der Waals surface area contributed by atoms with Crippen LogP contribution in [0.25, 0.3) is 11.4 Å². The fraction of sp³-hybridized carbons (Fsp3) is 0.